The second-order valence-corrected chi connectivity index (χ2v) is 6.39. The van der Waals surface area contributed by atoms with Crippen LogP contribution in [0.1, 0.15) is 12.5 Å². The first-order chi connectivity index (χ1) is 8.19. The van der Waals surface area contributed by atoms with Crippen molar-refractivity contribution in [1.29, 1.82) is 0 Å². The Morgan fingerprint density at radius 1 is 1.06 bits per heavy atom. The first-order valence-electron chi connectivity index (χ1n) is 5.41. The summed E-state index contributed by atoms with van der Waals surface area (Å²) in [5, 5.41) is 0.816. The Balaban J connectivity index is 2.16. The molecule has 0 fully saturated rings. The standard InChI is InChI=1S/C14H12ClIS/c1-2-10-3-5-11(6-4-10)17-12-7-8-13(15)14(16)9-12/h3-9H,2H2,1H3. The van der Waals surface area contributed by atoms with Gasteiger partial charge in [-0.25, -0.2) is 0 Å². The van der Waals surface area contributed by atoms with Gasteiger partial charge in [0, 0.05) is 13.4 Å². The predicted molar refractivity (Wildman–Crippen MR) is 84.1 cm³/mol. The SMILES string of the molecule is CCc1ccc(Sc2ccc(Cl)c(I)c2)cc1. The van der Waals surface area contributed by atoms with Crippen LogP contribution in [-0.4, -0.2) is 0 Å². The van der Waals surface area contributed by atoms with E-state index in [1.165, 1.54) is 15.4 Å². The lowest BCUT2D eigenvalue weighted by Gasteiger charge is -2.04. The normalized spacial score (nSPS) is 10.5. The smallest absolute Gasteiger partial charge is 0.0540 e. The Morgan fingerprint density at radius 2 is 1.71 bits per heavy atom. The van der Waals surface area contributed by atoms with Gasteiger partial charge in [0.05, 0.1) is 5.02 Å². The van der Waals surface area contributed by atoms with Gasteiger partial charge in [-0.15, -0.1) is 0 Å². The summed E-state index contributed by atoms with van der Waals surface area (Å²) in [6.45, 7) is 2.17. The fraction of sp³-hybridized carbons (Fsp3) is 0.143. The monoisotopic (exact) mass is 374 g/mol. The van der Waals surface area contributed by atoms with Gasteiger partial charge in [0.15, 0.2) is 0 Å². The third-order valence-electron chi connectivity index (χ3n) is 2.46. The summed E-state index contributed by atoms with van der Waals surface area (Å²) < 4.78 is 1.10. The summed E-state index contributed by atoms with van der Waals surface area (Å²) in [6, 6.07) is 14.8. The lowest BCUT2D eigenvalue weighted by Crippen LogP contribution is -1.80. The van der Waals surface area contributed by atoms with Crippen molar-refractivity contribution < 1.29 is 0 Å². The first kappa shape index (κ1) is 13.2. The summed E-state index contributed by atoms with van der Waals surface area (Å²) >= 11 is 10.0. The van der Waals surface area contributed by atoms with Gasteiger partial charge in [-0.1, -0.05) is 42.4 Å². The van der Waals surface area contributed by atoms with E-state index in [1.54, 1.807) is 11.8 Å². The quantitative estimate of drug-likeness (QED) is 0.625. The van der Waals surface area contributed by atoms with E-state index in [9.17, 15) is 0 Å². The van der Waals surface area contributed by atoms with Crippen molar-refractivity contribution in [3.63, 3.8) is 0 Å². The number of rotatable bonds is 3. The van der Waals surface area contributed by atoms with Crippen molar-refractivity contribution in [1.82, 2.24) is 0 Å². The number of benzene rings is 2. The molecular weight excluding hydrogens is 363 g/mol. The first-order valence-corrected chi connectivity index (χ1v) is 7.68. The molecule has 0 aliphatic heterocycles. The van der Waals surface area contributed by atoms with Gasteiger partial charge in [-0.05, 0) is 64.9 Å². The molecule has 3 heteroatoms. The highest BCUT2D eigenvalue weighted by molar-refractivity contribution is 14.1. The lowest BCUT2D eigenvalue weighted by molar-refractivity contribution is 1.13. The maximum atomic E-state index is 6.01. The van der Waals surface area contributed by atoms with Gasteiger partial charge in [0.2, 0.25) is 0 Å². The Bertz CT molecular complexity index is 508. The van der Waals surface area contributed by atoms with Crippen LogP contribution in [0.2, 0.25) is 5.02 Å². The third kappa shape index (κ3) is 3.63. The van der Waals surface area contributed by atoms with Crippen LogP contribution in [0, 0.1) is 3.57 Å². The minimum absolute atomic E-state index is 0.816. The summed E-state index contributed by atoms with van der Waals surface area (Å²) in [5.41, 5.74) is 1.38. The molecular formula is C14H12ClIS. The molecule has 2 rings (SSSR count). The Hall–Kier alpha value is -0.190. The minimum Gasteiger partial charge on any atom is -0.0901 e. The second-order valence-electron chi connectivity index (χ2n) is 3.68. The molecule has 0 N–H and O–H groups in total. The minimum atomic E-state index is 0.816. The van der Waals surface area contributed by atoms with E-state index in [2.05, 4.69) is 65.9 Å². The van der Waals surface area contributed by atoms with E-state index < -0.39 is 0 Å². The third-order valence-corrected chi connectivity index (χ3v) is 5.00. The number of aryl methyl sites for hydroxylation is 1. The Morgan fingerprint density at radius 3 is 2.29 bits per heavy atom. The Labute approximate surface area is 125 Å². The molecule has 0 saturated heterocycles. The predicted octanol–water partition coefficient (Wildman–Crippen LogP) is 5.66. The average Bonchev–Trinajstić information content (AvgIpc) is 2.35. The van der Waals surface area contributed by atoms with Gasteiger partial charge in [0.25, 0.3) is 0 Å². The van der Waals surface area contributed by atoms with Crippen molar-refractivity contribution in [2.45, 2.75) is 23.1 Å². The van der Waals surface area contributed by atoms with E-state index in [4.69, 9.17) is 11.6 Å². The molecule has 0 aromatic heterocycles. The Kier molecular flexibility index (Phi) is 4.77. The fourth-order valence-corrected chi connectivity index (χ4v) is 3.17. The van der Waals surface area contributed by atoms with Crippen molar-refractivity contribution in [3.8, 4) is 0 Å². The molecule has 88 valence electrons. The lowest BCUT2D eigenvalue weighted by atomic mass is 10.2. The molecule has 0 radical (unpaired) electrons. The van der Waals surface area contributed by atoms with Gasteiger partial charge < -0.3 is 0 Å². The maximum absolute atomic E-state index is 6.01. The van der Waals surface area contributed by atoms with E-state index in [-0.39, 0.29) is 0 Å². The summed E-state index contributed by atoms with van der Waals surface area (Å²) in [7, 11) is 0. The molecule has 0 nitrogen and oxygen atoms in total. The van der Waals surface area contributed by atoms with Gasteiger partial charge >= 0.3 is 0 Å². The second kappa shape index (κ2) is 6.12. The van der Waals surface area contributed by atoms with Crippen molar-refractivity contribution in [3.05, 3.63) is 56.6 Å². The molecule has 0 atom stereocenters. The summed E-state index contributed by atoms with van der Waals surface area (Å²) in [5.74, 6) is 0. The van der Waals surface area contributed by atoms with Crippen molar-refractivity contribution in [2.24, 2.45) is 0 Å². The van der Waals surface area contributed by atoms with Crippen LogP contribution in [0.4, 0.5) is 0 Å². The zero-order chi connectivity index (χ0) is 12.3. The number of hydrogen-bond donors (Lipinski definition) is 0. The van der Waals surface area contributed by atoms with Crippen LogP contribution in [0.25, 0.3) is 0 Å². The zero-order valence-electron chi connectivity index (χ0n) is 9.41. The topological polar surface area (TPSA) is 0 Å². The zero-order valence-corrected chi connectivity index (χ0v) is 13.1. The van der Waals surface area contributed by atoms with E-state index in [0.717, 1.165) is 15.0 Å². The van der Waals surface area contributed by atoms with Crippen LogP contribution in [-0.2, 0) is 6.42 Å². The van der Waals surface area contributed by atoms with Gasteiger partial charge in [-0.3, -0.25) is 0 Å². The molecule has 0 aliphatic rings. The van der Waals surface area contributed by atoms with Gasteiger partial charge in [0.1, 0.15) is 0 Å². The molecule has 17 heavy (non-hydrogen) atoms. The highest BCUT2D eigenvalue weighted by Crippen LogP contribution is 2.31. The number of hydrogen-bond acceptors (Lipinski definition) is 1. The molecule has 0 unspecified atom stereocenters. The maximum Gasteiger partial charge on any atom is 0.0540 e. The molecule has 0 spiro atoms. The van der Waals surface area contributed by atoms with Crippen LogP contribution in [0.3, 0.4) is 0 Å². The highest BCUT2D eigenvalue weighted by atomic mass is 127. The molecule has 0 aliphatic carbocycles. The van der Waals surface area contributed by atoms with E-state index >= 15 is 0 Å². The molecule has 0 amide bonds. The molecule has 0 saturated carbocycles. The van der Waals surface area contributed by atoms with Gasteiger partial charge in [-0.2, -0.15) is 0 Å². The van der Waals surface area contributed by atoms with Crippen molar-refractivity contribution in [2.75, 3.05) is 0 Å². The highest BCUT2D eigenvalue weighted by Gasteiger charge is 2.01. The van der Waals surface area contributed by atoms with E-state index in [0.29, 0.717) is 0 Å². The van der Waals surface area contributed by atoms with Crippen LogP contribution < -0.4 is 0 Å². The average molecular weight is 375 g/mol. The van der Waals surface area contributed by atoms with Crippen molar-refractivity contribution >= 4 is 46.0 Å². The molecule has 2 aromatic carbocycles. The summed E-state index contributed by atoms with van der Waals surface area (Å²) in [4.78, 5) is 2.49. The fourth-order valence-electron chi connectivity index (χ4n) is 1.47. The van der Waals surface area contributed by atoms with Crippen LogP contribution in [0.5, 0.6) is 0 Å². The molecule has 0 bridgehead atoms. The summed E-state index contributed by atoms with van der Waals surface area (Å²) in [6.07, 6.45) is 1.09. The molecule has 2 aromatic rings. The van der Waals surface area contributed by atoms with Crippen LogP contribution in [0.15, 0.2) is 52.3 Å². The largest absolute Gasteiger partial charge is 0.0901 e. The molecule has 0 heterocycles. The van der Waals surface area contributed by atoms with E-state index in [1.807, 2.05) is 6.07 Å². The van der Waals surface area contributed by atoms with Crippen LogP contribution >= 0.6 is 46.0 Å². The number of halogens is 2.